The summed E-state index contributed by atoms with van der Waals surface area (Å²) >= 11 is 2.05. The van der Waals surface area contributed by atoms with Crippen LogP contribution in [-0.4, -0.2) is 54.0 Å². The fraction of sp³-hybridized carbons (Fsp3) is 0.467. The second kappa shape index (κ2) is 12.7. The Bertz CT molecular complexity index is 1300. The number of aromatic nitrogens is 1. The molecule has 1 unspecified atom stereocenters. The Morgan fingerprint density at radius 1 is 1.13 bits per heavy atom. The number of amides is 2. The summed E-state index contributed by atoms with van der Waals surface area (Å²) in [6.07, 6.45) is 6.36. The summed E-state index contributed by atoms with van der Waals surface area (Å²) in [4.78, 5) is 32.1. The average molecular weight is 647 g/mol. The number of hydrogen-bond acceptors (Lipinski definition) is 4. The Morgan fingerprint density at radius 2 is 1.87 bits per heavy atom. The van der Waals surface area contributed by atoms with Crippen LogP contribution >= 0.6 is 22.6 Å². The first-order valence-electron chi connectivity index (χ1n) is 13.9. The van der Waals surface area contributed by atoms with Crippen molar-refractivity contribution in [1.82, 2.24) is 20.5 Å². The Labute approximate surface area is 242 Å². The predicted octanol–water partition coefficient (Wildman–Crippen LogP) is 5.55. The van der Waals surface area contributed by atoms with Crippen LogP contribution in [0.4, 0.5) is 4.39 Å². The number of fused-ring (bicyclic) bond motifs is 1. The summed E-state index contributed by atoms with van der Waals surface area (Å²) in [7, 11) is 0. The van der Waals surface area contributed by atoms with E-state index in [1.165, 1.54) is 37.8 Å². The predicted molar refractivity (Wildman–Crippen MR) is 158 cm³/mol. The molecule has 3 N–H and O–H groups in total. The smallest absolute Gasteiger partial charge is 0.269 e. The van der Waals surface area contributed by atoms with Crippen molar-refractivity contribution in [2.75, 3.05) is 26.2 Å². The molecule has 0 spiro atoms. The number of likely N-dealkylation sites (tertiary alicyclic amines) is 1. The highest BCUT2D eigenvalue weighted by molar-refractivity contribution is 14.1. The summed E-state index contributed by atoms with van der Waals surface area (Å²) in [6, 6.07) is 11.3. The van der Waals surface area contributed by atoms with Gasteiger partial charge in [-0.05, 0) is 110 Å². The lowest BCUT2D eigenvalue weighted by Gasteiger charge is -2.22. The molecule has 1 aromatic heterocycles. The van der Waals surface area contributed by atoms with Crippen LogP contribution in [0.15, 0.2) is 42.5 Å². The summed E-state index contributed by atoms with van der Waals surface area (Å²) in [5.41, 5.74) is 1.99. The summed E-state index contributed by atoms with van der Waals surface area (Å²) < 4.78 is 20.3. The maximum absolute atomic E-state index is 13.7. The molecular weight excluding hydrogens is 610 g/mol. The van der Waals surface area contributed by atoms with Gasteiger partial charge in [-0.1, -0.05) is 25.0 Å². The maximum Gasteiger partial charge on any atom is 0.269 e. The SMILES string of the molecule is CC(NC(=O)[C@H](CCC1CC1)NC(=O)c1[nH]c2ccc(F)cc2c1I)c1ccc(OCCN2CCCC2)cc1. The van der Waals surface area contributed by atoms with E-state index in [1.54, 1.807) is 6.07 Å². The average Bonchev–Trinajstić information content (AvgIpc) is 3.51. The van der Waals surface area contributed by atoms with Crippen molar-refractivity contribution in [2.24, 2.45) is 5.92 Å². The van der Waals surface area contributed by atoms with Crippen molar-refractivity contribution >= 4 is 45.3 Å². The van der Waals surface area contributed by atoms with Gasteiger partial charge in [-0.15, -0.1) is 0 Å². The van der Waals surface area contributed by atoms with Crippen molar-refractivity contribution in [3.05, 3.63) is 63.1 Å². The Balaban J connectivity index is 1.19. The van der Waals surface area contributed by atoms with Crippen LogP contribution in [0.5, 0.6) is 5.75 Å². The van der Waals surface area contributed by atoms with Crippen molar-refractivity contribution in [2.45, 2.75) is 57.5 Å². The van der Waals surface area contributed by atoms with Gasteiger partial charge >= 0.3 is 0 Å². The minimum Gasteiger partial charge on any atom is -0.492 e. The van der Waals surface area contributed by atoms with Gasteiger partial charge in [0.2, 0.25) is 5.91 Å². The number of aromatic amines is 1. The molecule has 0 radical (unpaired) electrons. The van der Waals surface area contributed by atoms with E-state index in [0.717, 1.165) is 37.4 Å². The molecule has 3 aromatic rings. The van der Waals surface area contributed by atoms with Gasteiger partial charge in [0.25, 0.3) is 5.91 Å². The first-order chi connectivity index (χ1) is 18.9. The van der Waals surface area contributed by atoms with Crippen LogP contribution in [0.3, 0.4) is 0 Å². The zero-order valence-corrected chi connectivity index (χ0v) is 24.4. The van der Waals surface area contributed by atoms with Crippen LogP contribution in [0.2, 0.25) is 0 Å². The molecule has 1 saturated heterocycles. The Kier molecular flexibility index (Phi) is 9.06. The monoisotopic (exact) mass is 646 g/mol. The molecule has 2 fully saturated rings. The minimum atomic E-state index is -0.660. The van der Waals surface area contributed by atoms with E-state index in [-0.39, 0.29) is 23.7 Å². The molecule has 39 heavy (non-hydrogen) atoms. The molecular formula is C30H36FIN4O3. The Hall–Kier alpha value is -2.66. The number of carbonyl (C=O) groups is 2. The van der Waals surface area contributed by atoms with Gasteiger partial charge in [0, 0.05) is 17.4 Å². The van der Waals surface area contributed by atoms with Gasteiger partial charge in [0.1, 0.15) is 29.9 Å². The van der Waals surface area contributed by atoms with Crippen molar-refractivity contribution in [1.29, 1.82) is 0 Å². The van der Waals surface area contributed by atoms with Gasteiger partial charge < -0.3 is 20.4 Å². The number of benzene rings is 2. The zero-order chi connectivity index (χ0) is 27.4. The number of rotatable bonds is 12. The van der Waals surface area contributed by atoms with Gasteiger partial charge in [0.05, 0.1) is 9.61 Å². The molecule has 9 heteroatoms. The topological polar surface area (TPSA) is 86.5 Å². The van der Waals surface area contributed by atoms with Crippen molar-refractivity contribution < 1.29 is 18.7 Å². The van der Waals surface area contributed by atoms with Crippen molar-refractivity contribution in [3.8, 4) is 5.75 Å². The highest BCUT2D eigenvalue weighted by Crippen LogP contribution is 2.34. The fourth-order valence-electron chi connectivity index (χ4n) is 5.14. The lowest BCUT2D eigenvalue weighted by Crippen LogP contribution is -2.47. The number of carbonyl (C=O) groups excluding carboxylic acids is 2. The van der Waals surface area contributed by atoms with E-state index in [1.807, 2.05) is 53.8 Å². The molecule has 1 saturated carbocycles. The van der Waals surface area contributed by atoms with Gasteiger partial charge in [-0.25, -0.2) is 4.39 Å². The van der Waals surface area contributed by atoms with E-state index in [0.29, 0.717) is 39.1 Å². The Morgan fingerprint density at radius 3 is 2.59 bits per heavy atom. The summed E-state index contributed by atoms with van der Waals surface area (Å²) in [6.45, 7) is 5.86. The molecule has 0 bridgehead atoms. The number of ether oxygens (including phenoxy) is 1. The van der Waals surface area contributed by atoms with Crippen LogP contribution in [-0.2, 0) is 4.79 Å². The molecule has 2 aliphatic rings. The van der Waals surface area contributed by atoms with E-state index in [4.69, 9.17) is 4.74 Å². The first-order valence-corrected chi connectivity index (χ1v) is 15.0. The fourth-order valence-corrected chi connectivity index (χ4v) is 5.97. The molecule has 208 valence electrons. The number of nitrogens with one attached hydrogen (secondary N) is 3. The van der Waals surface area contributed by atoms with Gasteiger partial charge in [-0.3, -0.25) is 14.5 Å². The van der Waals surface area contributed by atoms with Crippen LogP contribution in [0.1, 0.15) is 67.5 Å². The summed E-state index contributed by atoms with van der Waals surface area (Å²) in [5, 5.41) is 6.67. The second-order valence-electron chi connectivity index (χ2n) is 10.7. The molecule has 2 amide bonds. The normalized spacial score (nSPS) is 17.2. The summed E-state index contributed by atoms with van der Waals surface area (Å²) in [5.74, 6) is 0.515. The molecule has 7 nitrogen and oxygen atoms in total. The minimum absolute atomic E-state index is 0.209. The van der Waals surface area contributed by atoms with Crippen LogP contribution < -0.4 is 15.4 Å². The van der Waals surface area contributed by atoms with Crippen molar-refractivity contribution in [3.63, 3.8) is 0 Å². The van der Waals surface area contributed by atoms with Crippen LogP contribution in [0, 0.1) is 15.3 Å². The van der Waals surface area contributed by atoms with Crippen LogP contribution in [0.25, 0.3) is 10.9 Å². The van der Waals surface area contributed by atoms with E-state index in [2.05, 4.69) is 20.5 Å². The molecule has 2 heterocycles. The molecule has 2 aromatic carbocycles. The quantitative estimate of drug-likeness (QED) is 0.225. The largest absolute Gasteiger partial charge is 0.492 e. The molecule has 1 aliphatic carbocycles. The zero-order valence-electron chi connectivity index (χ0n) is 22.3. The molecule has 1 aliphatic heterocycles. The number of hydrogen-bond donors (Lipinski definition) is 3. The number of halogens is 2. The highest BCUT2D eigenvalue weighted by atomic mass is 127. The van der Waals surface area contributed by atoms with E-state index in [9.17, 15) is 14.0 Å². The lowest BCUT2D eigenvalue weighted by molar-refractivity contribution is -0.123. The first kappa shape index (κ1) is 27.9. The number of nitrogens with zero attached hydrogens (tertiary/aromatic N) is 1. The van der Waals surface area contributed by atoms with Gasteiger partial charge in [-0.2, -0.15) is 0 Å². The highest BCUT2D eigenvalue weighted by Gasteiger charge is 2.29. The maximum atomic E-state index is 13.7. The lowest BCUT2D eigenvalue weighted by atomic mass is 10.0. The standard InChI is InChI=1S/C30H36FIN4O3/c1-19(21-7-10-23(11-8-21)39-17-16-36-14-2-3-15-36)33-29(37)26(12-6-20-4-5-20)35-30(38)28-27(32)24-18-22(31)9-13-25(24)34-28/h7-11,13,18-20,26,34H,2-6,12,14-17H2,1H3,(H,33,37)(H,35,38)/t19?,26-/m0/s1. The third-order valence-corrected chi connectivity index (χ3v) is 8.84. The molecule has 2 atom stereocenters. The van der Waals surface area contributed by atoms with E-state index >= 15 is 0 Å². The second-order valence-corrected chi connectivity index (χ2v) is 11.8. The number of H-pyrrole nitrogens is 1. The van der Waals surface area contributed by atoms with E-state index < -0.39 is 6.04 Å². The third-order valence-electron chi connectivity index (χ3n) is 7.72. The molecule has 5 rings (SSSR count). The van der Waals surface area contributed by atoms with Gasteiger partial charge in [0.15, 0.2) is 0 Å². The third kappa shape index (κ3) is 7.30.